The van der Waals surface area contributed by atoms with Gasteiger partial charge in [0.2, 0.25) is 0 Å². The van der Waals surface area contributed by atoms with E-state index >= 15 is 0 Å². The van der Waals surface area contributed by atoms with Crippen LogP contribution in [0, 0.1) is 0 Å². The molecular weight excluding hydrogens is 376 g/mol. The molecule has 0 radical (unpaired) electrons. The average molecular weight is 395 g/mol. The molecule has 2 heterocycles. The second-order valence-corrected chi connectivity index (χ2v) is 9.48. The molecule has 2 aliphatic rings. The van der Waals surface area contributed by atoms with Crippen molar-refractivity contribution in [3.63, 3.8) is 0 Å². The summed E-state index contributed by atoms with van der Waals surface area (Å²) in [5, 5.41) is 0. The van der Waals surface area contributed by atoms with Crippen LogP contribution in [0.4, 0.5) is 0 Å². The summed E-state index contributed by atoms with van der Waals surface area (Å²) in [6.45, 7) is 0. The highest BCUT2D eigenvalue weighted by Gasteiger charge is 2.38. The normalized spacial score (nSPS) is 15.3. The van der Waals surface area contributed by atoms with Gasteiger partial charge < -0.3 is 0 Å². The van der Waals surface area contributed by atoms with Crippen LogP contribution in [0.25, 0.3) is 0 Å². The van der Waals surface area contributed by atoms with Gasteiger partial charge in [0.1, 0.15) is 0 Å². The Morgan fingerprint density at radius 1 is 0.357 bits per heavy atom. The van der Waals surface area contributed by atoms with Gasteiger partial charge in [0, 0.05) is 31.4 Å². The van der Waals surface area contributed by atoms with Gasteiger partial charge in [-0.25, -0.2) is 0 Å². The lowest BCUT2D eigenvalue weighted by Gasteiger charge is -2.38. The van der Waals surface area contributed by atoms with Gasteiger partial charge in [-0.2, -0.15) is 0 Å². The van der Waals surface area contributed by atoms with Crippen molar-refractivity contribution in [3.05, 3.63) is 119 Å². The first-order valence-electron chi connectivity index (χ1n) is 9.61. The van der Waals surface area contributed by atoms with E-state index in [4.69, 9.17) is 0 Å². The molecule has 6 rings (SSSR count). The third-order valence-corrected chi connectivity index (χ3v) is 8.16. The summed E-state index contributed by atoms with van der Waals surface area (Å²) in [7, 11) is 0. The summed E-state index contributed by atoms with van der Waals surface area (Å²) in [5.74, 6) is 0.661. The molecule has 0 atom stereocenters. The summed E-state index contributed by atoms with van der Waals surface area (Å²) in [6, 6.07) is 35.8. The number of hydrogen-bond donors (Lipinski definition) is 0. The van der Waals surface area contributed by atoms with Crippen molar-refractivity contribution >= 4 is 23.5 Å². The van der Waals surface area contributed by atoms with Crippen molar-refractivity contribution in [2.45, 2.75) is 31.4 Å². The Morgan fingerprint density at radius 2 is 0.607 bits per heavy atom. The molecule has 134 valence electrons. The van der Waals surface area contributed by atoms with Crippen molar-refractivity contribution in [2.24, 2.45) is 0 Å². The smallest absolute Gasteiger partial charge is 0.0222 e. The summed E-state index contributed by atoms with van der Waals surface area (Å²) in [6.07, 6.45) is 0. The van der Waals surface area contributed by atoms with E-state index in [2.05, 4.69) is 97.1 Å². The maximum absolute atomic E-state index is 2.33. The lowest BCUT2D eigenvalue weighted by atomic mass is 9.73. The quantitative estimate of drug-likeness (QED) is 0.326. The Balaban J connectivity index is 1.66. The molecule has 4 aromatic carbocycles. The lowest BCUT2D eigenvalue weighted by Crippen LogP contribution is -2.21. The molecule has 28 heavy (non-hydrogen) atoms. The molecule has 0 aromatic heterocycles. The first kappa shape index (κ1) is 16.5. The molecule has 0 bridgehead atoms. The number of rotatable bonds is 1. The average Bonchev–Trinajstić information content (AvgIpc) is 2.76. The Hall–Kier alpha value is -2.42. The zero-order chi connectivity index (χ0) is 18.5. The predicted molar refractivity (Wildman–Crippen MR) is 118 cm³/mol. The molecule has 2 aliphatic heterocycles. The van der Waals surface area contributed by atoms with E-state index in [9.17, 15) is 0 Å². The van der Waals surface area contributed by atoms with Crippen molar-refractivity contribution < 1.29 is 0 Å². The standard InChI is InChI=1S/C26H18S2/c1-5-13-21-17(9-1)25(18-10-2-6-14-22(18)27-21)26-19-11-3-7-15-23(19)28-24-16-8-4-12-20(24)26/h1-16,25-26H. The van der Waals surface area contributed by atoms with Gasteiger partial charge in [0.05, 0.1) is 0 Å². The van der Waals surface area contributed by atoms with Crippen LogP contribution in [0.15, 0.2) is 117 Å². The number of hydrogen-bond acceptors (Lipinski definition) is 2. The third kappa shape index (κ3) is 2.48. The molecule has 0 spiro atoms. The summed E-state index contributed by atoms with van der Waals surface area (Å²) >= 11 is 3.82. The fraction of sp³-hybridized carbons (Fsp3) is 0.0769. The first-order valence-corrected chi connectivity index (χ1v) is 11.2. The molecule has 0 nitrogen and oxygen atoms in total. The largest absolute Gasteiger partial charge is 0.0895 e. The maximum atomic E-state index is 2.33. The fourth-order valence-electron chi connectivity index (χ4n) is 4.61. The van der Waals surface area contributed by atoms with E-state index in [1.165, 1.54) is 41.8 Å². The summed E-state index contributed by atoms with van der Waals surface area (Å²) in [5.41, 5.74) is 5.81. The SMILES string of the molecule is c1ccc2c(c1)Sc1ccccc1C2C1c2ccccc2Sc2ccccc21. The zero-order valence-electron chi connectivity index (χ0n) is 15.2. The van der Waals surface area contributed by atoms with E-state index in [-0.39, 0.29) is 0 Å². The van der Waals surface area contributed by atoms with Gasteiger partial charge in [0.15, 0.2) is 0 Å². The van der Waals surface area contributed by atoms with Crippen molar-refractivity contribution in [1.29, 1.82) is 0 Å². The minimum atomic E-state index is 0.330. The monoisotopic (exact) mass is 394 g/mol. The molecule has 0 amide bonds. The highest BCUT2D eigenvalue weighted by atomic mass is 32.2. The minimum Gasteiger partial charge on any atom is -0.0895 e. The van der Waals surface area contributed by atoms with E-state index in [0.717, 1.165) is 0 Å². The van der Waals surface area contributed by atoms with E-state index in [1.807, 2.05) is 23.5 Å². The van der Waals surface area contributed by atoms with Crippen LogP contribution < -0.4 is 0 Å². The Kier molecular flexibility index (Phi) is 3.88. The minimum absolute atomic E-state index is 0.330. The van der Waals surface area contributed by atoms with Gasteiger partial charge in [-0.1, -0.05) is 96.3 Å². The van der Waals surface area contributed by atoms with Crippen LogP contribution in [0.2, 0.25) is 0 Å². The third-order valence-electron chi connectivity index (χ3n) is 5.79. The van der Waals surface area contributed by atoms with Gasteiger partial charge in [-0.05, 0) is 46.5 Å². The molecule has 0 saturated carbocycles. The summed E-state index contributed by atoms with van der Waals surface area (Å²) < 4.78 is 0. The van der Waals surface area contributed by atoms with Crippen LogP contribution in [0.1, 0.15) is 34.1 Å². The molecule has 0 fully saturated rings. The second-order valence-electron chi connectivity index (χ2n) is 7.31. The second kappa shape index (κ2) is 6.58. The first-order chi connectivity index (χ1) is 13.9. The highest BCUT2D eigenvalue weighted by molar-refractivity contribution is 7.99. The van der Waals surface area contributed by atoms with Crippen LogP contribution in [0.3, 0.4) is 0 Å². The fourth-order valence-corrected chi connectivity index (χ4v) is 6.92. The number of fused-ring (bicyclic) bond motifs is 4. The van der Waals surface area contributed by atoms with Gasteiger partial charge in [-0.15, -0.1) is 0 Å². The van der Waals surface area contributed by atoms with Crippen LogP contribution in [0.5, 0.6) is 0 Å². The van der Waals surface area contributed by atoms with Crippen LogP contribution in [-0.4, -0.2) is 0 Å². The van der Waals surface area contributed by atoms with Crippen molar-refractivity contribution in [1.82, 2.24) is 0 Å². The zero-order valence-corrected chi connectivity index (χ0v) is 16.8. The lowest BCUT2D eigenvalue weighted by molar-refractivity contribution is 0.644. The molecule has 0 unspecified atom stereocenters. The molecular formula is C26H18S2. The predicted octanol–water partition coefficient (Wildman–Crippen LogP) is 7.58. The van der Waals surface area contributed by atoms with Gasteiger partial charge in [-0.3, -0.25) is 0 Å². The van der Waals surface area contributed by atoms with Gasteiger partial charge in [0.25, 0.3) is 0 Å². The Labute approximate surface area is 174 Å². The Morgan fingerprint density at radius 3 is 0.893 bits per heavy atom. The van der Waals surface area contributed by atoms with Crippen molar-refractivity contribution in [3.8, 4) is 0 Å². The molecule has 0 saturated heterocycles. The van der Waals surface area contributed by atoms with Gasteiger partial charge >= 0.3 is 0 Å². The molecule has 0 aliphatic carbocycles. The number of benzene rings is 4. The maximum Gasteiger partial charge on any atom is 0.0222 e. The van der Waals surface area contributed by atoms with E-state index in [0.29, 0.717) is 11.8 Å². The Bertz CT molecular complexity index is 1010. The highest BCUT2D eigenvalue weighted by Crippen LogP contribution is 2.57. The van der Waals surface area contributed by atoms with E-state index in [1.54, 1.807) is 0 Å². The van der Waals surface area contributed by atoms with Crippen molar-refractivity contribution in [2.75, 3.05) is 0 Å². The topological polar surface area (TPSA) is 0 Å². The van der Waals surface area contributed by atoms with Crippen LogP contribution in [-0.2, 0) is 0 Å². The molecule has 4 aromatic rings. The van der Waals surface area contributed by atoms with Crippen LogP contribution >= 0.6 is 23.5 Å². The summed E-state index contributed by atoms with van der Waals surface area (Å²) in [4.78, 5) is 5.55. The molecule has 0 N–H and O–H groups in total. The van der Waals surface area contributed by atoms with E-state index < -0.39 is 0 Å². The molecule has 2 heteroatoms.